The highest BCUT2D eigenvalue weighted by Gasteiger charge is 2.13. The van der Waals surface area contributed by atoms with Crippen LogP contribution < -0.4 is 4.74 Å². The van der Waals surface area contributed by atoms with E-state index in [2.05, 4.69) is 0 Å². The molecule has 2 aromatic rings. The van der Waals surface area contributed by atoms with Gasteiger partial charge in [-0.15, -0.1) is 0 Å². The third kappa shape index (κ3) is 6.40. The molecule has 0 radical (unpaired) electrons. The molecule has 0 aliphatic rings. The van der Waals surface area contributed by atoms with Crippen LogP contribution in [0.25, 0.3) is 0 Å². The quantitative estimate of drug-likeness (QED) is 0.519. The van der Waals surface area contributed by atoms with Gasteiger partial charge in [-0.25, -0.2) is 4.79 Å². The molecule has 0 aromatic heterocycles. The number of ether oxygens (including phenoxy) is 2. The summed E-state index contributed by atoms with van der Waals surface area (Å²) in [6.07, 6.45) is -0.488. The standard InChI is InChI=1S/C19H22O5/c1-15(13-22-18-11-7-4-8-12-18)21-14-16(2)23-24-19(20)17-9-5-3-6-10-17/h3-12,15-16H,13-14H2,1-2H3. The summed E-state index contributed by atoms with van der Waals surface area (Å²) in [7, 11) is 0. The summed E-state index contributed by atoms with van der Waals surface area (Å²) < 4.78 is 11.2. The number of para-hydroxylation sites is 1. The van der Waals surface area contributed by atoms with Crippen LogP contribution in [0.5, 0.6) is 5.75 Å². The monoisotopic (exact) mass is 330 g/mol. The van der Waals surface area contributed by atoms with Gasteiger partial charge in [-0.3, -0.25) is 4.89 Å². The molecule has 0 aliphatic heterocycles. The maximum absolute atomic E-state index is 11.7. The summed E-state index contributed by atoms with van der Waals surface area (Å²) in [5.41, 5.74) is 0.440. The van der Waals surface area contributed by atoms with E-state index < -0.39 is 5.97 Å². The van der Waals surface area contributed by atoms with E-state index in [0.717, 1.165) is 5.75 Å². The largest absolute Gasteiger partial charge is 0.491 e. The van der Waals surface area contributed by atoms with E-state index in [4.69, 9.17) is 19.2 Å². The van der Waals surface area contributed by atoms with Crippen LogP contribution in [-0.4, -0.2) is 31.4 Å². The van der Waals surface area contributed by atoms with Crippen LogP contribution in [0.1, 0.15) is 24.2 Å². The minimum atomic E-state index is -0.525. The van der Waals surface area contributed by atoms with E-state index in [1.165, 1.54) is 0 Å². The first-order valence-corrected chi connectivity index (χ1v) is 7.87. The van der Waals surface area contributed by atoms with E-state index in [1.54, 1.807) is 31.2 Å². The Morgan fingerprint density at radius 2 is 1.50 bits per heavy atom. The van der Waals surface area contributed by atoms with Crippen LogP contribution >= 0.6 is 0 Å². The second-order valence-electron chi connectivity index (χ2n) is 5.41. The van der Waals surface area contributed by atoms with Crippen molar-refractivity contribution < 1.29 is 24.0 Å². The first-order chi connectivity index (χ1) is 11.6. The van der Waals surface area contributed by atoms with E-state index in [1.807, 2.05) is 43.3 Å². The number of hydrogen-bond donors (Lipinski definition) is 0. The van der Waals surface area contributed by atoms with Crippen LogP contribution in [0.4, 0.5) is 0 Å². The number of rotatable bonds is 9. The second-order valence-corrected chi connectivity index (χ2v) is 5.41. The maximum Gasteiger partial charge on any atom is 0.373 e. The average Bonchev–Trinajstić information content (AvgIpc) is 2.64. The molecule has 0 saturated carbocycles. The zero-order chi connectivity index (χ0) is 17.2. The minimum Gasteiger partial charge on any atom is -0.491 e. The van der Waals surface area contributed by atoms with Gasteiger partial charge in [0, 0.05) is 0 Å². The molecule has 0 aliphatic carbocycles. The molecular formula is C19H22O5. The maximum atomic E-state index is 11.7. The van der Waals surface area contributed by atoms with Gasteiger partial charge in [-0.2, -0.15) is 4.89 Å². The Morgan fingerprint density at radius 3 is 2.17 bits per heavy atom. The van der Waals surface area contributed by atoms with E-state index in [9.17, 15) is 4.79 Å². The zero-order valence-corrected chi connectivity index (χ0v) is 13.9. The van der Waals surface area contributed by atoms with Crippen LogP contribution in [-0.2, 0) is 14.5 Å². The van der Waals surface area contributed by atoms with Crippen molar-refractivity contribution in [2.24, 2.45) is 0 Å². The fourth-order valence-corrected chi connectivity index (χ4v) is 1.85. The minimum absolute atomic E-state index is 0.110. The third-order valence-electron chi connectivity index (χ3n) is 3.14. The summed E-state index contributed by atoms with van der Waals surface area (Å²) in [4.78, 5) is 21.6. The summed E-state index contributed by atoms with van der Waals surface area (Å²) in [6.45, 7) is 4.40. The van der Waals surface area contributed by atoms with Crippen molar-refractivity contribution in [2.45, 2.75) is 26.1 Å². The average molecular weight is 330 g/mol. The summed E-state index contributed by atoms with van der Waals surface area (Å²) in [6, 6.07) is 18.2. The molecule has 2 atom stereocenters. The molecule has 2 unspecified atom stereocenters. The van der Waals surface area contributed by atoms with Crippen LogP contribution in [0.3, 0.4) is 0 Å². The Balaban J connectivity index is 1.62. The molecule has 0 saturated heterocycles. The Morgan fingerprint density at radius 1 is 0.875 bits per heavy atom. The topological polar surface area (TPSA) is 54.0 Å². The van der Waals surface area contributed by atoms with Crippen LogP contribution in [0, 0.1) is 0 Å². The Hall–Kier alpha value is -2.37. The van der Waals surface area contributed by atoms with Gasteiger partial charge in [0.15, 0.2) is 0 Å². The molecule has 0 heterocycles. The van der Waals surface area contributed by atoms with E-state index >= 15 is 0 Å². The molecule has 0 amide bonds. The highest BCUT2D eigenvalue weighted by Crippen LogP contribution is 2.09. The molecular weight excluding hydrogens is 308 g/mol. The first-order valence-electron chi connectivity index (χ1n) is 7.87. The van der Waals surface area contributed by atoms with Crippen molar-refractivity contribution in [3.05, 3.63) is 66.2 Å². The Kier molecular flexibility index (Phi) is 7.26. The third-order valence-corrected chi connectivity index (χ3v) is 3.14. The predicted octanol–water partition coefficient (Wildman–Crippen LogP) is 3.65. The van der Waals surface area contributed by atoms with Crippen molar-refractivity contribution >= 4 is 5.97 Å². The van der Waals surface area contributed by atoms with Gasteiger partial charge in [-0.1, -0.05) is 36.4 Å². The normalized spacial score (nSPS) is 13.1. The highest BCUT2D eigenvalue weighted by atomic mass is 17.2. The highest BCUT2D eigenvalue weighted by molar-refractivity contribution is 5.88. The fraction of sp³-hybridized carbons (Fsp3) is 0.316. The molecule has 24 heavy (non-hydrogen) atoms. The lowest BCUT2D eigenvalue weighted by atomic mass is 10.2. The molecule has 0 bridgehead atoms. The van der Waals surface area contributed by atoms with E-state index in [0.29, 0.717) is 18.8 Å². The molecule has 0 N–H and O–H groups in total. The van der Waals surface area contributed by atoms with Gasteiger partial charge in [0.2, 0.25) is 0 Å². The molecule has 128 valence electrons. The fourth-order valence-electron chi connectivity index (χ4n) is 1.85. The molecule has 0 spiro atoms. The van der Waals surface area contributed by atoms with Gasteiger partial charge in [-0.05, 0) is 38.1 Å². The van der Waals surface area contributed by atoms with Crippen LogP contribution in [0.2, 0.25) is 0 Å². The lowest BCUT2D eigenvalue weighted by Gasteiger charge is -2.17. The molecule has 2 rings (SSSR count). The molecule has 0 fully saturated rings. The van der Waals surface area contributed by atoms with Gasteiger partial charge < -0.3 is 9.47 Å². The molecule has 5 heteroatoms. The second kappa shape index (κ2) is 9.70. The molecule has 2 aromatic carbocycles. The lowest BCUT2D eigenvalue weighted by Crippen LogP contribution is -2.25. The van der Waals surface area contributed by atoms with E-state index in [-0.39, 0.29) is 12.2 Å². The summed E-state index contributed by atoms with van der Waals surface area (Å²) in [5, 5.41) is 0. The predicted molar refractivity (Wildman–Crippen MR) is 89.8 cm³/mol. The van der Waals surface area contributed by atoms with Crippen molar-refractivity contribution in [3.63, 3.8) is 0 Å². The SMILES string of the molecule is CC(COc1ccccc1)OCC(C)OOC(=O)c1ccccc1. The summed E-state index contributed by atoms with van der Waals surface area (Å²) in [5.74, 6) is 0.275. The van der Waals surface area contributed by atoms with Crippen molar-refractivity contribution in [3.8, 4) is 5.75 Å². The molecule has 5 nitrogen and oxygen atoms in total. The zero-order valence-electron chi connectivity index (χ0n) is 13.9. The number of benzene rings is 2. The summed E-state index contributed by atoms with van der Waals surface area (Å²) >= 11 is 0. The number of carbonyl (C=O) groups is 1. The van der Waals surface area contributed by atoms with Gasteiger partial charge in [0.1, 0.15) is 18.5 Å². The number of carbonyl (C=O) groups excluding carboxylic acids is 1. The van der Waals surface area contributed by atoms with Gasteiger partial charge in [0.05, 0.1) is 18.3 Å². The van der Waals surface area contributed by atoms with Crippen molar-refractivity contribution in [2.75, 3.05) is 13.2 Å². The van der Waals surface area contributed by atoms with Gasteiger partial charge in [0.25, 0.3) is 0 Å². The number of hydrogen-bond acceptors (Lipinski definition) is 5. The van der Waals surface area contributed by atoms with Gasteiger partial charge >= 0.3 is 5.97 Å². The van der Waals surface area contributed by atoms with Crippen molar-refractivity contribution in [1.82, 2.24) is 0 Å². The van der Waals surface area contributed by atoms with Crippen LogP contribution in [0.15, 0.2) is 60.7 Å². The first kappa shape index (κ1) is 18.0. The Labute approximate surface area is 142 Å². The Bertz CT molecular complexity index is 600. The lowest BCUT2D eigenvalue weighted by molar-refractivity contribution is -0.280. The smallest absolute Gasteiger partial charge is 0.373 e. The van der Waals surface area contributed by atoms with Crippen molar-refractivity contribution in [1.29, 1.82) is 0 Å².